The van der Waals surface area contributed by atoms with E-state index in [-0.39, 0.29) is 5.56 Å². The third kappa shape index (κ3) is 2.84. The number of hydrogen-bond acceptors (Lipinski definition) is 4. The zero-order valence-corrected chi connectivity index (χ0v) is 14.5. The van der Waals surface area contributed by atoms with E-state index in [1.165, 1.54) is 4.68 Å². The molecule has 0 saturated carbocycles. The highest BCUT2D eigenvalue weighted by atomic mass is 16.5. The lowest BCUT2D eigenvalue weighted by atomic mass is 10.0. The first-order valence-corrected chi connectivity index (χ1v) is 8.26. The third-order valence-electron chi connectivity index (χ3n) is 4.28. The zero-order chi connectivity index (χ0) is 18.1. The SMILES string of the molecule is COc1cccc(-c2ccc3c(=O)n(-c4cccc(C)n4)ncc3c2)c1. The highest BCUT2D eigenvalue weighted by Crippen LogP contribution is 2.26. The molecule has 2 aromatic carbocycles. The maximum absolute atomic E-state index is 12.8. The molecule has 2 heterocycles. The Labute approximate surface area is 150 Å². The number of fused-ring (bicyclic) bond motifs is 1. The Morgan fingerprint density at radius 1 is 0.962 bits per heavy atom. The van der Waals surface area contributed by atoms with Crippen LogP contribution in [0.2, 0.25) is 0 Å². The van der Waals surface area contributed by atoms with Crippen LogP contribution in [0.3, 0.4) is 0 Å². The van der Waals surface area contributed by atoms with Gasteiger partial charge in [-0.1, -0.05) is 24.3 Å². The molecule has 0 radical (unpaired) electrons. The van der Waals surface area contributed by atoms with E-state index in [0.717, 1.165) is 28.0 Å². The lowest BCUT2D eigenvalue weighted by Gasteiger charge is -2.08. The molecule has 4 rings (SSSR count). The predicted molar refractivity (Wildman–Crippen MR) is 102 cm³/mol. The number of pyridine rings is 1. The summed E-state index contributed by atoms with van der Waals surface area (Å²) in [5, 5.41) is 5.70. The lowest BCUT2D eigenvalue weighted by Crippen LogP contribution is -2.22. The molecule has 0 amide bonds. The monoisotopic (exact) mass is 343 g/mol. The van der Waals surface area contributed by atoms with Gasteiger partial charge < -0.3 is 4.74 Å². The molecule has 0 aliphatic rings. The van der Waals surface area contributed by atoms with Gasteiger partial charge in [-0.3, -0.25) is 4.79 Å². The van der Waals surface area contributed by atoms with Crippen LogP contribution in [0.5, 0.6) is 5.75 Å². The van der Waals surface area contributed by atoms with E-state index in [4.69, 9.17) is 4.74 Å². The maximum Gasteiger partial charge on any atom is 0.280 e. The Morgan fingerprint density at radius 2 is 1.77 bits per heavy atom. The Morgan fingerprint density at radius 3 is 2.58 bits per heavy atom. The fraction of sp³-hybridized carbons (Fsp3) is 0.0952. The van der Waals surface area contributed by atoms with Crippen LogP contribution < -0.4 is 10.3 Å². The van der Waals surface area contributed by atoms with Gasteiger partial charge in [0, 0.05) is 11.1 Å². The van der Waals surface area contributed by atoms with Crippen LogP contribution in [-0.4, -0.2) is 21.9 Å². The van der Waals surface area contributed by atoms with Crippen molar-refractivity contribution in [2.24, 2.45) is 0 Å². The third-order valence-corrected chi connectivity index (χ3v) is 4.28. The molecule has 0 atom stereocenters. The van der Waals surface area contributed by atoms with E-state index in [0.29, 0.717) is 11.2 Å². The number of ether oxygens (including phenoxy) is 1. The molecule has 4 aromatic rings. The zero-order valence-electron chi connectivity index (χ0n) is 14.5. The first-order valence-electron chi connectivity index (χ1n) is 8.26. The molecule has 0 aliphatic heterocycles. The Balaban J connectivity index is 1.83. The van der Waals surface area contributed by atoms with Gasteiger partial charge in [0.1, 0.15) is 5.75 Å². The molecular weight excluding hydrogens is 326 g/mol. The smallest absolute Gasteiger partial charge is 0.280 e. The van der Waals surface area contributed by atoms with Gasteiger partial charge >= 0.3 is 0 Å². The van der Waals surface area contributed by atoms with Gasteiger partial charge in [0.25, 0.3) is 5.56 Å². The summed E-state index contributed by atoms with van der Waals surface area (Å²) in [4.78, 5) is 17.2. The summed E-state index contributed by atoms with van der Waals surface area (Å²) in [6.45, 7) is 1.88. The second-order valence-electron chi connectivity index (χ2n) is 6.03. The molecule has 0 spiro atoms. The molecule has 0 N–H and O–H groups in total. The minimum absolute atomic E-state index is 0.183. The molecule has 0 unspecified atom stereocenters. The van der Waals surface area contributed by atoms with E-state index < -0.39 is 0 Å². The Bertz CT molecular complexity index is 1170. The molecule has 26 heavy (non-hydrogen) atoms. The van der Waals surface area contributed by atoms with Crippen molar-refractivity contribution in [1.29, 1.82) is 0 Å². The highest BCUT2D eigenvalue weighted by Gasteiger charge is 2.09. The fourth-order valence-electron chi connectivity index (χ4n) is 2.94. The normalized spacial score (nSPS) is 10.8. The summed E-state index contributed by atoms with van der Waals surface area (Å²) in [6, 6.07) is 19.1. The van der Waals surface area contributed by atoms with Crippen molar-refractivity contribution in [2.75, 3.05) is 7.11 Å². The largest absolute Gasteiger partial charge is 0.497 e. The molecular formula is C21H17N3O2. The first kappa shape index (κ1) is 16.0. The quantitative estimate of drug-likeness (QED) is 0.568. The molecule has 0 saturated heterocycles. The molecule has 5 nitrogen and oxygen atoms in total. The van der Waals surface area contributed by atoms with E-state index >= 15 is 0 Å². The number of benzene rings is 2. The second kappa shape index (κ2) is 6.44. The molecule has 5 heteroatoms. The maximum atomic E-state index is 12.8. The molecule has 0 bridgehead atoms. The van der Waals surface area contributed by atoms with E-state index in [1.807, 2.05) is 61.5 Å². The lowest BCUT2D eigenvalue weighted by molar-refractivity contribution is 0.415. The van der Waals surface area contributed by atoms with E-state index in [1.54, 1.807) is 19.4 Å². The summed E-state index contributed by atoms with van der Waals surface area (Å²) in [7, 11) is 1.64. The van der Waals surface area contributed by atoms with Crippen LogP contribution in [0.25, 0.3) is 27.7 Å². The minimum Gasteiger partial charge on any atom is -0.497 e. The predicted octanol–water partition coefficient (Wildman–Crippen LogP) is 3.76. The van der Waals surface area contributed by atoms with Crippen molar-refractivity contribution in [1.82, 2.24) is 14.8 Å². The number of nitrogens with zero attached hydrogens (tertiary/aromatic N) is 3. The second-order valence-corrected chi connectivity index (χ2v) is 6.03. The Kier molecular flexibility index (Phi) is 3.97. The molecule has 2 aromatic heterocycles. The van der Waals surface area contributed by atoms with Gasteiger partial charge in [-0.25, -0.2) is 4.98 Å². The number of hydrogen-bond donors (Lipinski definition) is 0. The van der Waals surface area contributed by atoms with Crippen LogP contribution in [0.15, 0.2) is 71.7 Å². The van der Waals surface area contributed by atoms with Crippen molar-refractivity contribution in [3.8, 4) is 22.7 Å². The van der Waals surface area contributed by atoms with Crippen molar-refractivity contribution >= 4 is 10.8 Å². The summed E-state index contributed by atoms with van der Waals surface area (Å²) in [5.41, 5.74) is 2.68. The fourth-order valence-corrected chi connectivity index (χ4v) is 2.94. The average Bonchev–Trinajstić information content (AvgIpc) is 2.68. The van der Waals surface area contributed by atoms with Crippen LogP contribution in [0.4, 0.5) is 0 Å². The van der Waals surface area contributed by atoms with Crippen molar-refractivity contribution < 1.29 is 4.74 Å². The standard InChI is InChI=1S/C21H17N3O2/c1-14-5-3-8-20(23-14)24-21(25)19-10-9-16(11-17(19)13-22-24)15-6-4-7-18(12-15)26-2/h3-13H,1-2H3. The van der Waals surface area contributed by atoms with Crippen molar-refractivity contribution in [3.63, 3.8) is 0 Å². The van der Waals surface area contributed by atoms with Crippen LogP contribution in [0.1, 0.15) is 5.69 Å². The number of methoxy groups -OCH3 is 1. The van der Waals surface area contributed by atoms with Crippen LogP contribution >= 0.6 is 0 Å². The first-order chi connectivity index (χ1) is 12.7. The minimum atomic E-state index is -0.183. The number of aryl methyl sites for hydroxylation is 1. The summed E-state index contributed by atoms with van der Waals surface area (Å²) in [6.07, 6.45) is 1.70. The average molecular weight is 343 g/mol. The van der Waals surface area contributed by atoms with Gasteiger partial charge in [-0.15, -0.1) is 0 Å². The molecule has 0 aliphatic carbocycles. The highest BCUT2D eigenvalue weighted by molar-refractivity contribution is 5.86. The van der Waals surface area contributed by atoms with Crippen molar-refractivity contribution in [3.05, 3.63) is 82.9 Å². The summed E-state index contributed by atoms with van der Waals surface area (Å²) >= 11 is 0. The van der Waals surface area contributed by atoms with Crippen LogP contribution in [-0.2, 0) is 0 Å². The number of aromatic nitrogens is 3. The summed E-state index contributed by atoms with van der Waals surface area (Å²) in [5.74, 6) is 1.32. The van der Waals surface area contributed by atoms with Crippen molar-refractivity contribution in [2.45, 2.75) is 6.92 Å². The van der Waals surface area contributed by atoms with Crippen LogP contribution in [0, 0.1) is 6.92 Å². The van der Waals surface area contributed by atoms with E-state index in [2.05, 4.69) is 10.1 Å². The molecule has 128 valence electrons. The Hall–Kier alpha value is -3.47. The van der Waals surface area contributed by atoms with Gasteiger partial charge in [0.2, 0.25) is 0 Å². The van der Waals surface area contributed by atoms with E-state index in [9.17, 15) is 4.79 Å². The topological polar surface area (TPSA) is 57.0 Å². The van der Waals surface area contributed by atoms with Gasteiger partial charge in [0.15, 0.2) is 5.82 Å². The number of rotatable bonds is 3. The van der Waals surface area contributed by atoms with Gasteiger partial charge in [-0.2, -0.15) is 9.78 Å². The molecule has 0 fully saturated rings. The van der Waals surface area contributed by atoms with Gasteiger partial charge in [0.05, 0.1) is 18.7 Å². The van der Waals surface area contributed by atoms with Gasteiger partial charge in [-0.05, 0) is 54.4 Å². The summed E-state index contributed by atoms with van der Waals surface area (Å²) < 4.78 is 6.62.